The van der Waals surface area contributed by atoms with Gasteiger partial charge in [0.15, 0.2) is 0 Å². The summed E-state index contributed by atoms with van der Waals surface area (Å²) in [5, 5.41) is 3.91. The first-order chi connectivity index (χ1) is 14.9. The lowest BCUT2D eigenvalue weighted by molar-refractivity contribution is -0.119. The molecule has 1 amide bonds. The predicted octanol–water partition coefficient (Wildman–Crippen LogP) is 3.35. The number of carbonyl (C=O) groups excluding carboxylic acids is 1. The minimum absolute atomic E-state index is 0.138. The van der Waals surface area contributed by atoms with E-state index in [0.29, 0.717) is 24.5 Å². The van der Waals surface area contributed by atoms with Crippen molar-refractivity contribution in [2.24, 2.45) is 5.73 Å². The van der Waals surface area contributed by atoms with Crippen molar-refractivity contribution in [3.05, 3.63) is 70.5 Å². The summed E-state index contributed by atoms with van der Waals surface area (Å²) in [6, 6.07) is 16.3. The van der Waals surface area contributed by atoms with E-state index in [1.807, 2.05) is 68.4 Å². The highest BCUT2D eigenvalue weighted by molar-refractivity contribution is 5.82. The number of pyridine rings is 1. The highest BCUT2D eigenvalue weighted by atomic mass is 16.5. The highest BCUT2D eigenvalue weighted by Gasteiger charge is 2.17. The molecule has 3 aromatic rings. The number of nitrogens with one attached hydrogen (secondary N) is 1. The number of ether oxygens (including phenoxy) is 2. The summed E-state index contributed by atoms with van der Waals surface area (Å²) in [6.45, 7) is 6.76. The van der Waals surface area contributed by atoms with Gasteiger partial charge in [0.1, 0.15) is 11.5 Å². The van der Waals surface area contributed by atoms with Gasteiger partial charge >= 0.3 is 0 Å². The Morgan fingerprint density at radius 2 is 1.84 bits per heavy atom. The van der Waals surface area contributed by atoms with Crippen molar-refractivity contribution in [2.75, 3.05) is 13.2 Å². The Bertz CT molecular complexity index is 1100. The van der Waals surface area contributed by atoms with Crippen molar-refractivity contribution in [1.82, 2.24) is 9.88 Å². The summed E-state index contributed by atoms with van der Waals surface area (Å²) >= 11 is 0. The number of hydrogen-bond donors (Lipinski definition) is 2. The van der Waals surface area contributed by atoms with E-state index in [1.165, 1.54) is 0 Å². The summed E-state index contributed by atoms with van der Waals surface area (Å²) in [5.41, 5.74) is 6.51. The molecular formula is C24H29N3O4. The average Bonchev–Trinajstić information content (AvgIpc) is 2.76. The normalized spacial score (nSPS) is 13.1. The molecule has 7 heteroatoms. The zero-order valence-electron chi connectivity index (χ0n) is 18.1. The molecule has 0 radical (unpaired) electrons. The third-order valence-electron chi connectivity index (χ3n) is 5.09. The Labute approximate surface area is 181 Å². The summed E-state index contributed by atoms with van der Waals surface area (Å²) in [6.07, 6.45) is 0. The zero-order valence-corrected chi connectivity index (χ0v) is 18.1. The third-order valence-corrected chi connectivity index (χ3v) is 5.09. The molecule has 2 atom stereocenters. The Morgan fingerprint density at radius 1 is 1.10 bits per heavy atom. The Balaban J connectivity index is 2.04. The van der Waals surface area contributed by atoms with Crippen molar-refractivity contribution in [1.29, 1.82) is 0 Å². The Morgan fingerprint density at radius 3 is 2.52 bits per heavy atom. The van der Waals surface area contributed by atoms with Gasteiger partial charge in [-0.2, -0.15) is 0 Å². The molecule has 0 saturated carbocycles. The van der Waals surface area contributed by atoms with Crippen LogP contribution in [0, 0.1) is 0 Å². The number of hydrogen-bond acceptors (Lipinski definition) is 5. The van der Waals surface area contributed by atoms with E-state index < -0.39 is 11.9 Å². The number of amides is 1. The highest BCUT2D eigenvalue weighted by Crippen LogP contribution is 2.27. The molecule has 1 aromatic heterocycles. The van der Waals surface area contributed by atoms with Gasteiger partial charge in [-0.05, 0) is 56.5 Å². The van der Waals surface area contributed by atoms with Crippen LogP contribution in [0.5, 0.6) is 11.5 Å². The molecule has 0 fully saturated rings. The Kier molecular flexibility index (Phi) is 7.44. The quantitative estimate of drug-likeness (QED) is 0.521. The fraction of sp³-hybridized carbons (Fsp3) is 0.333. The van der Waals surface area contributed by atoms with Gasteiger partial charge in [0.25, 0.3) is 5.56 Å². The van der Waals surface area contributed by atoms with E-state index in [2.05, 4.69) is 5.32 Å². The van der Waals surface area contributed by atoms with Crippen LogP contribution in [-0.4, -0.2) is 29.7 Å². The third kappa shape index (κ3) is 5.51. The van der Waals surface area contributed by atoms with Crippen molar-refractivity contribution in [3.63, 3.8) is 0 Å². The number of primary amides is 1. The van der Waals surface area contributed by atoms with Gasteiger partial charge in [-0.1, -0.05) is 18.2 Å². The number of nitrogens with zero attached hydrogens (tertiary/aromatic N) is 1. The SMILES string of the molecule is CCOCC(C)n1c(=O)c(CNC(C)C(N)=O)cc2ccc(Oc3ccccc3)cc21. The molecule has 3 rings (SSSR count). The van der Waals surface area contributed by atoms with Crippen molar-refractivity contribution in [2.45, 2.75) is 39.4 Å². The number of rotatable bonds is 10. The second-order valence-corrected chi connectivity index (χ2v) is 7.49. The van der Waals surface area contributed by atoms with Crippen molar-refractivity contribution < 1.29 is 14.3 Å². The van der Waals surface area contributed by atoms with Crippen LogP contribution in [0.3, 0.4) is 0 Å². The van der Waals surface area contributed by atoms with Crippen LogP contribution in [0.4, 0.5) is 0 Å². The smallest absolute Gasteiger partial charge is 0.255 e. The first kappa shape index (κ1) is 22.5. The maximum Gasteiger partial charge on any atom is 0.255 e. The first-order valence-corrected chi connectivity index (χ1v) is 10.4. The predicted molar refractivity (Wildman–Crippen MR) is 121 cm³/mol. The molecule has 2 unspecified atom stereocenters. The molecule has 0 aliphatic heterocycles. The Hall–Kier alpha value is -3.16. The van der Waals surface area contributed by atoms with E-state index in [0.717, 1.165) is 16.7 Å². The number of para-hydroxylation sites is 1. The van der Waals surface area contributed by atoms with Gasteiger partial charge < -0.3 is 25.1 Å². The van der Waals surface area contributed by atoms with Crippen molar-refractivity contribution in [3.8, 4) is 11.5 Å². The molecule has 1 heterocycles. The topological polar surface area (TPSA) is 95.6 Å². The second-order valence-electron chi connectivity index (χ2n) is 7.49. The minimum atomic E-state index is -0.536. The van der Waals surface area contributed by atoms with Crippen LogP contribution in [0.15, 0.2) is 59.4 Å². The van der Waals surface area contributed by atoms with Crippen LogP contribution in [0.25, 0.3) is 10.9 Å². The molecule has 164 valence electrons. The van der Waals surface area contributed by atoms with Gasteiger partial charge in [0, 0.05) is 24.8 Å². The number of benzene rings is 2. The number of fused-ring (bicyclic) bond motifs is 1. The first-order valence-electron chi connectivity index (χ1n) is 10.4. The fourth-order valence-electron chi connectivity index (χ4n) is 3.35. The number of nitrogens with two attached hydrogens (primary N) is 1. The molecule has 2 aromatic carbocycles. The van der Waals surface area contributed by atoms with Crippen LogP contribution in [0.2, 0.25) is 0 Å². The van der Waals surface area contributed by atoms with Gasteiger partial charge in [-0.25, -0.2) is 0 Å². The molecule has 0 saturated heterocycles. The van der Waals surface area contributed by atoms with Gasteiger partial charge in [0.2, 0.25) is 5.91 Å². The average molecular weight is 424 g/mol. The van der Waals surface area contributed by atoms with E-state index in [1.54, 1.807) is 11.5 Å². The standard InChI is InChI=1S/C24H29N3O4/c1-4-30-15-16(2)27-22-13-21(31-20-8-6-5-7-9-20)11-10-18(22)12-19(24(27)29)14-26-17(3)23(25)28/h5-13,16-17,26H,4,14-15H2,1-3H3,(H2,25,28). The van der Waals surface area contributed by atoms with E-state index in [9.17, 15) is 9.59 Å². The van der Waals surface area contributed by atoms with Gasteiger partial charge in [0.05, 0.1) is 24.2 Å². The molecule has 31 heavy (non-hydrogen) atoms. The maximum absolute atomic E-state index is 13.3. The van der Waals surface area contributed by atoms with E-state index in [-0.39, 0.29) is 18.1 Å². The monoisotopic (exact) mass is 423 g/mol. The lowest BCUT2D eigenvalue weighted by Crippen LogP contribution is -2.40. The fourth-order valence-corrected chi connectivity index (χ4v) is 3.35. The van der Waals surface area contributed by atoms with E-state index >= 15 is 0 Å². The lowest BCUT2D eigenvalue weighted by atomic mass is 10.1. The molecule has 3 N–H and O–H groups in total. The van der Waals surface area contributed by atoms with Crippen LogP contribution in [0.1, 0.15) is 32.4 Å². The molecule has 7 nitrogen and oxygen atoms in total. The van der Waals surface area contributed by atoms with Gasteiger partial charge in [-0.15, -0.1) is 0 Å². The van der Waals surface area contributed by atoms with E-state index in [4.69, 9.17) is 15.2 Å². The maximum atomic E-state index is 13.3. The zero-order chi connectivity index (χ0) is 22.4. The van der Waals surface area contributed by atoms with Crippen LogP contribution >= 0.6 is 0 Å². The van der Waals surface area contributed by atoms with Crippen LogP contribution in [-0.2, 0) is 16.1 Å². The summed E-state index contributed by atoms with van der Waals surface area (Å²) < 4.78 is 13.3. The molecular weight excluding hydrogens is 394 g/mol. The summed E-state index contributed by atoms with van der Waals surface area (Å²) in [4.78, 5) is 24.7. The lowest BCUT2D eigenvalue weighted by Gasteiger charge is -2.20. The van der Waals surface area contributed by atoms with Crippen molar-refractivity contribution >= 4 is 16.8 Å². The largest absolute Gasteiger partial charge is 0.457 e. The minimum Gasteiger partial charge on any atom is -0.457 e. The summed E-state index contributed by atoms with van der Waals surface area (Å²) in [5.74, 6) is 0.900. The van der Waals surface area contributed by atoms with Gasteiger partial charge in [-0.3, -0.25) is 9.59 Å². The number of carbonyl (C=O) groups is 1. The number of aromatic nitrogens is 1. The molecule has 0 spiro atoms. The molecule has 0 aliphatic rings. The summed E-state index contributed by atoms with van der Waals surface area (Å²) in [7, 11) is 0. The van der Waals surface area contributed by atoms with Crippen LogP contribution < -0.4 is 21.3 Å². The second kappa shape index (κ2) is 10.2. The molecule has 0 bridgehead atoms. The molecule has 0 aliphatic carbocycles.